The first kappa shape index (κ1) is 17.6. The zero-order valence-corrected chi connectivity index (χ0v) is 14.3. The Kier molecular flexibility index (Phi) is 5.73. The molecule has 0 aromatic heterocycles. The van der Waals surface area contributed by atoms with Gasteiger partial charge in [0.1, 0.15) is 6.10 Å². The van der Waals surface area contributed by atoms with E-state index < -0.39 is 6.10 Å². The number of hydrogen-bond acceptors (Lipinski definition) is 5. The molecule has 1 saturated carbocycles. The van der Waals surface area contributed by atoms with Crippen molar-refractivity contribution in [2.45, 2.75) is 63.4 Å². The van der Waals surface area contributed by atoms with Gasteiger partial charge in [-0.2, -0.15) is 0 Å². The van der Waals surface area contributed by atoms with E-state index in [4.69, 9.17) is 9.47 Å². The number of amides is 2. The molecule has 0 spiro atoms. The normalized spacial score (nSPS) is 34.0. The summed E-state index contributed by atoms with van der Waals surface area (Å²) in [5, 5.41) is 12.8. The fourth-order valence-electron chi connectivity index (χ4n) is 3.64. The number of nitrogens with zero attached hydrogens (tertiary/aromatic N) is 1. The molecule has 0 aromatic carbocycles. The molecule has 2 aliphatic heterocycles. The first-order chi connectivity index (χ1) is 11.6. The Balaban J connectivity index is 1.65. The van der Waals surface area contributed by atoms with Crippen molar-refractivity contribution in [1.29, 1.82) is 0 Å². The molecule has 24 heavy (non-hydrogen) atoms. The minimum atomic E-state index is -0.651. The molecule has 2 saturated heterocycles. The molecule has 2 amide bonds. The van der Waals surface area contributed by atoms with Crippen molar-refractivity contribution in [2.75, 3.05) is 26.3 Å². The van der Waals surface area contributed by atoms with Gasteiger partial charge in [-0.05, 0) is 32.6 Å². The number of hydrogen-bond donors (Lipinski definition) is 2. The van der Waals surface area contributed by atoms with Crippen LogP contribution in [0, 0.1) is 5.92 Å². The molecule has 0 aromatic rings. The van der Waals surface area contributed by atoms with Gasteiger partial charge in [0, 0.05) is 19.0 Å². The highest BCUT2D eigenvalue weighted by atomic mass is 16.5. The van der Waals surface area contributed by atoms with Crippen LogP contribution in [0.1, 0.15) is 39.0 Å². The van der Waals surface area contributed by atoms with Crippen LogP contribution in [0.3, 0.4) is 0 Å². The van der Waals surface area contributed by atoms with E-state index in [9.17, 15) is 14.7 Å². The average Bonchev–Trinajstić information content (AvgIpc) is 3.36. The van der Waals surface area contributed by atoms with E-state index in [0.717, 1.165) is 25.7 Å². The van der Waals surface area contributed by atoms with E-state index in [1.54, 1.807) is 0 Å². The van der Waals surface area contributed by atoms with Gasteiger partial charge in [0.05, 0.1) is 37.9 Å². The second kappa shape index (κ2) is 7.80. The zero-order valence-electron chi connectivity index (χ0n) is 14.3. The quantitative estimate of drug-likeness (QED) is 0.755. The Morgan fingerprint density at radius 2 is 2.00 bits per heavy atom. The summed E-state index contributed by atoms with van der Waals surface area (Å²) in [7, 11) is 0. The molecule has 2 heterocycles. The van der Waals surface area contributed by atoms with E-state index >= 15 is 0 Å². The highest BCUT2D eigenvalue weighted by Crippen LogP contribution is 2.35. The van der Waals surface area contributed by atoms with Gasteiger partial charge < -0.3 is 24.8 Å². The Hall–Kier alpha value is -1.18. The van der Waals surface area contributed by atoms with Crippen molar-refractivity contribution in [3.63, 3.8) is 0 Å². The van der Waals surface area contributed by atoms with Gasteiger partial charge in [-0.1, -0.05) is 0 Å². The molecule has 0 radical (unpaired) electrons. The van der Waals surface area contributed by atoms with Crippen LogP contribution < -0.4 is 5.32 Å². The van der Waals surface area contributed by atoms with E-state index in [-0.39, 0.29) is 42.6 Å². The van der Waals surface area contributed by atoms with Crippen molar-refractivity contribution in [1.82, 2.24) is 10.2 Å². The van der Waals surface area contributed by atoms with Gasteiger partial charge in [0.15, 0.2) is 0 Å². The van der Waals surface area contributed by atoms with E-state index in [1.165, 1.54) is 0 Å². The van der Waals surface area contributed by atoms with Gasteiger partial charge in [0.2, 0.25) is 11.8 Å². The highest BCUT2D eigenvalue weighted by molar-refractivity contribution is 5.81. The second-order valence-electron chi connectivity index (χ2n) is 7.06. The topological polar surface area (TPSA) is 88.1 Å². The number of β-amino-alcohol motifs (C(OH)–C–C–N with tert-alkyl or cyclic N) is 1. The van der Waals surface area contributed by atoms with Crippen molar-refractivity contribution in [3.8, 4) is 0 Å². The van der Waals surface area contributed by atoms with Crippen molar-refractivity contribution < 1.29 is 24.2 Å². The fourth-order valence-corrected chi connectivity index (χ4v) is 3.64. The molecule has 1 aliphatic carbocycles. The minimum absolute atomic E-state index is 0.00551. The summed E-state index contributed by atoms with van der Waals surface area (Å²) in [5.74, 6) is 0.247. The van der Waals surface area contributed by atoms with Crippen LogP contribution in [-0.4, -0.2) is 72.5 Å². The van der Waals surface area contributed by atoms with Gasteiger partial charge in [0.25, 0.3) is 0 Å². The Bertz CT molecular complexity index is 468. The molecule has 7 heteroatoms. The van der Waals surface area contributed by atoms with Gasteiger partial charge in [-0.25, -0.2) is 0 Å². The predicted octanol–water partition coefficient (Wildman–Crippen LogP) is 0.0585. The number of aliphatic hydroxyl groups is 1. The number of carbonyl (C=O) groups excluding carboxylic acids is 2. The first-order valence-electron chi connectivity index (χ1n) is 9.07. The van der Waals surface area contributed by atoms with Gasteiger partial charge in [-0.3, -0.25) is 9.59 Å². The van der Waals surface area contributed by atoms with Crippen LogP contribution in [0.25, 0.3) is 0 Å². The summed E-state index contributed by atoms with van der Waals surface area (Å²) in [6, 6.07) is -0.0708. The number of nitrogens with one attached hydrogen (secondary N) is 1. The summed E-state index contributed by atoms with van der Waals surface area (Å²) in [6.07, 6.45) is 2.74. The standard InChI is InChI=1S/C17H28N2O5/c1-2-18-16(21)7-13-5-6-14-15(24-13)10-23-9-12(20)8-19(14)17(22)11-3-4-11/h11-15,20H,2-10H2,1H3,(H,18,21)/t12-,13+,14+,15-/m1/s1. The lowest BCUT2D eigenvalue weighted by Crippen LogP contribution is -2.57. The molecule has 3 fully saturated rings. The largest absolute Gasteiger partial charge is 0.389 e. The molecule has 2 N–H and O–H groups in total. The summed E-state index contributed by atoms with van der Waals surface area (Å²) in [5.41, 5.74) is 0. The number of ether oxygens (including phenoxy) is 2. The SMILES string of the molecule is CCNC(=O)C[C@@H]1CC[C@H]2[C@@H](COC[C@H](O)CN2C(=O)C2CC2)O1. The molecular formula is C17H28N2O5. The average molecular weight is 340 g/mol. The third-order valence-electron chi connectivity index (χ3n) is 4.98. The van der Waals surface area contributed by atoms with E-state index in [1.807, 2.05) is 11.8 Å². The maximum atomic E-state index is 12.6. The van der Waals surface area contributed by atoms with E-state index in [2.05, 4.69) is 5.32 Å². The van der Waals surface area contributed by atoms with Gasteiger partial charge >= 0.3 is 0 Å². The molecule has 4 atom stereocenters. The summed E-state index contributed by atoms with van der Waals surface area (Å²) in [4.78, 5) is 26.2. The lowest BCUT2D eigenvalue weighted by Gasteiger charge is -2.44. The molecule has 136 valence electrons. The fraction of sp³-hybridized carbons (Fsp3) is 0.882. The molecule has 0 unspecified atom stereocenters. The smallest absolute Gasteiger partial charge is 0.226 e. The second-order valence-corrected chi connectivity index (χ2v) is 7.06. The number of carbonyl (C=O) groups is 2. The summed E-state index contributed by atoms with van der Waals surface area (Å²) >= 11 is 0. The van der Waals surface area contributed by atoms with Crippen LogP contribution in [0.2, 0.25) is 0 Å². The highest BCUT2D eigenvalue weighted by Gasteiger charge is 2.43. The zero-order chi connectivity index (χ0) is 17.1. The van der Waals surface area contributed by atoms with Crippen molar-refractivity contribution >= 4 is 11.8 Å². The maximum Gasteiger partial charge on any atom is 0.226 e. The van der Waals surface area contributed by atoms with Gasteiger partial charge in [-0.15, -0.1) is 0 Å². The Morgan fingerprint density at radius 3 is 2.71 bits per heavy atom. The predicted molar refractivity (Wildman–Crippen MR) is 86.2 cm³/mol. The molecule has 3 rings (SSSR count). The lowest BCUT2D eigenvalue weighted by atomic mass is 9.94. The maximum absolute atomic E-state index is 12.6. The third-order valence-corrected chi connectivity index (χ3v) is 4.98. The number of rotatable bonds is 4. The van der Waals surface area contributed by atoms with Crippen LogP contribution >= 0.6 is 0 Å². The number of fused-ring (bicyclic) bond motifs is 1. The summed E-state index contributed by atoms with van der Waals surface area (Å²) in [6.45, 7) is 3.37. The summed E-state index contributed by atoms with van der Waals surface area (Å²) < 4.78 is 11.6. The van der Waals surface area contributed by atoms with Crippen molar-refractivity contribution in [2.24, 2.45) is 5.92 Å². The molecule has 7 nitrogen and oxygen atoms in total. The van der Waals surface area contributed by atoms with Crippen LogP contribution in [0.15, 0.2) is 0 Å². The monoisotopic (exact) mass is 340 g/mol. The first-order valence-corrected chi connectivity index (χ1v) is 9.07. The number of aliphatic hydroxyl groups excluding tert-OH is 1. The Morgan fingerprint density at radius 1 is 1.21 bits per heavy atom. The van der Waals surface area contributed by atoms with Crippen LogP contribution in [-0.2, 0) is 19.1 Å². The molecule has 3 aliphatic rings. The minimum Gasteiger partial charge on any atom is -0.389 e. The lowest BCUT2D eigenvalue weighted by molar-refractivity contribution is -0.170. The Labute approximate surface area is 142 Å². The van der Waals surface area contributed by atoms with Crippen LogP contribution in [0.5, 0.6) is 0 Å². The van der Waals surface area contributed by atoms with E-state index in [0.29, 0.717) is 26.1 Å². The molecular weight excluding hydrogens is 312 g/mol. The van der Waals surface area contributed by atoms with Crippen LogP contribution in [0.4, 0.5) is 0 Å². The van der Waals surface area contributed by atoms with Crippen molar-refractivity contribution in [3.05, 3.63) is 0 Å². The third kappa shape index (κ3) is 4.26. The molecule has 0 bridgehead atoms.